The highest BCUT2D eigenvalue weighted by Gasteiger charge is 2.22. The number of benzene rings is 2. The third kappa shape index (κ3) is 3.61. The summed E-state index contributed by atoms with van der Waals surface area (Å²) in [6.07, 6.45) is -0.932. The van der Waals surface area contributed by atoms with E-state index >= 15 is 0 Å². The highest BCUT2D eigenvalue weighted by Crippen LogP contribution is 2.31. The number of sulfonamides is 1. The van der Waals surface area contributed by atoms with Crippen molar-refractivity contribution in [2.45, 2.75) is 24.8 Å². The predicted molar refractivity (Wildman–Crippen MR) is 104 cm³/mol. The Kier molecular flexibility index (Phi) is 5.34. The van der Waals surface area contributed by atoms with Crippen molar-refractivity contribution in [1.29, 1.82) is 0 Å². The largest absolute Gasteiger partial charge is 0.495 e. The number of nitrogens with one attached hydrogen (secondary N) is 1. The van der Waals surface area contributed by atoms with Crippen LogP contribution in [0.3, 0.4) is 0 Å². The van der Waals surface area contributed by atoms with Gasteiger partial charge in [-0.25, -0.2) is 13.1 Å². The molecule has 0 aliphatic carbocycles. The van der Waals surface area contributed by atoms with Crippen molar-refractivity contribution in [3.8, 4) is 5.75 Å². The van der Waals surface area contributed by atoms with Gasteiger partial charge in [0.15, 0.2) is 0 Å². The molecule has 0 saturated carbocycles. The number of hydrogen-bond acceptors (Lipinski definition) is 5. The zero-order valence-corrected chi connectivity index (χ0v) is 16.4. The maximum absolute atomic E-state index is 12.7. The van der Waals surface area contributed by atoms with Crippen molar-refractivity contribution < 1.29 is 18.3 Å². The first-order valence-electron chi connectivity index (χ1n) is 8.12. The Morgan fingerprint density at radius 2 is 1.88 bits per heavy atom. The quantitative estimate of drug-likeness (QED) is 0.674. The molecular formula is C19H21NO4S2. The Morgan fingerprint density at radius 3 is 2.62 bits per heavy atom. The maximum atomic E-state index is 12.7. The molecule has 7 heteroatoms. The van der Waals surface area contributed by atoms with Crippen LogP contribution < -0.4 is 9.46 Å². The van der Waals surface area contributed by atoms with E-state index in [0.29, 0.717) is 0 Å². The fourth-order valence-electron chi connectivity index (χ4n) is 2.77. The zero-order valence-electron chi connectivity index (χ0n) is 14.8. The van der Waals surface area contributed by atoms with Crippen molar-refractivity contribution in [2.75, 3.05) is 13.7 Å². The monoisotopic (exact) mass is 391 g/mol. The molecular weight excluding hydrogens is 370 g/mol. The van der Waals surface area contributed by atoms with Gasteiger partial charge in [0.25, 0.3) is 0 Å². The Bertz CT molecular complexity index is 1040. The van der Waals surface area contributed by atoms with Crippen LogP contribution in [0.25, 0.3) is 10.1 Å². The predicted octanol–water partition coefficient (Wildman–Crippen LogP) is 3.54. The van der Waals surface area contributed by atoms with E-state index in [-0.39, 0.29) is 17.2 Å². The van der Waals surface area contributed by atoms with Gasteiger partial charge in [-0.15, -0.1) is 11.3 Å². The first kappa shape index (κ1) is 18.8. The molecule has 0 fully saturated rings. The molecule has 138 valence electrons. The van der Waals surface area contributed by atoms with E-state index in [0.717, 1.165) is 26.8 Å². The molecule has 5 nitrogen and oxygen atoms in total. The number of aryl methyl sites for hydroxylation is 2. The topological polar surface area (TPSA) is 75.6 Å². The Morgan fingerprint density at radius 1 is 1.19 bits per heavy atom. The molecule has 1 unspecified atom stereocenters. The van der Waals surface area contributed by atoms with Gasteiger partial charge in [0.2, 0.25) is 10.0 Å². The molecule has 3 aromatic rings. The van der Waals surface area contributed by atoms with Crippen LogP contribution in [0.5, 0.6) is 5.75 Å². The molecule has 0 aliphatic heterocycles. The third-order valence-electron chi connectivity index (χ3n) is 4.41. The summed E-state index contributed by atoms with van der Waals surface area (Å²) in [5.41, 5.74) is 2.53. The molecule has 0 bridgehead atoms. The van der Waals surface area contributed by atoms with Crippen LogP contribution in [0.4, 0.5) is 0 Å². The van der Waals surface area contributed by atoms with Gasteiger partial charge in [-0.05, 0) is 53.9 Å². The molecule has 1 heterocycles. The average molecular weight is 392 g/mol. The van der Waals surface area contributed by atoms with E-state index in [1.165, 1.54) is 18.4 Å². The van der Waals surface area contributed by atoms with Crippen molar-refractivity contribution in [1.82, 2.24) is 4.72 Å². The molecule has 3 rings (SSSR count). The zero-order chi connectivity index (χ0) is 18.9. The molecule has 2 N–H and O–H groups in total. The number of hydrogen-bond donors (Lipinski definition) is 2. The highest BCUT2D eigenvalue weighted by molar-refractivity contribution is 7.89. The van der Waals surface area contributed by atoms with Gasteiger partial charge in [0, 0.05) is 16.8 Å². The molecule has 1 atom stereocenters. The average Bonchev–Trinajstić information content (AvgIpc) is 3.05. The van der Waals surface area contributed by atoms with Gasteiger partial charge in [-0.1, -0.05) is 18.2 Å². The van der Waals surface area contributed by atoms with Crippen LogP contribution in [-0.4, -0.2) is 27.2 Å². The third-order valence-corrected chi connectivity index (χ3v) is 6.83. The van der Waals surface area contributed by atoms with E-state index in [4.69, 9.17) is 4.74 Å². The lowest BCUT2D eigenvalue weighted by molar-refractivity contribution is 0.184. The number of thiophene rings is 1. The Hall–Kier alpha value is -1.93. The summed E-state index contributed by atoms with van der Waals surface area (Å²) in [5, 5.41) is 13.3. The normalized spacial score (nSPS) is 13.1. The van der Waals surface area contributed by atoms with Crippen molar-refractivity contribution in [2.24, 2.45) is 0 Å². The van der Waals surface area contributed by atoms with E-state index in [1.54, 1.807) is 12.1 Å². The SMILES string of the molecule is COc1cc(C)c(C)cc1S(=O)(=O)NCC(O)c1csc2ccccc12. The summed E-state index contributed by atoms with van der Waals surface area (Å²) < 4.78 is 34.2. The van der Waals surface area contributed by atoms with E-state index in [9.17, 15) is 13.5 Å². The minimum atomic E-state index is -3.81. The number of ether oxygens (including phenoxy) is 1. The summed E-state index contributed by atoms with van der Waals surface area (Å²) >= 11 is 1.52. The minimum absolute atomic E-state index is 0.0745. The van der Waals surface area contributed by atoms with Crippen molar-refractivity contribution >= 4 is 31.4 Å². The highest BCUT2D eigenvalue weighted by atomic mass is 32.2. The van der Waals surface area contributed by atoms with Crippen LogP contribution in [-0.2, 0) is 10.0 Å². The van der Waals surface area contributed by atoms with E-state index in [2.05, 4.69) is 4.72 Å². The van der Waals surface area contributed by atoms with Crippen LogP contribution in [0, 0.1) is 13.8 Å². The number of aliphatic hydroxyl groups is 1. The van der Waals surface area contributed by atoms with Crippen LogP contribution in [0.15, 0.2) is 46.7 Å². The lowest BCUT2D eigenvalue weighted by Gasteiger charge is -2.15. The standard InChI is InChI=1S/C19H21NO4S2/c1-12-8-17(24-3)19(9-13(12)2)26(22,23)20-10-16(21)15-11-25-18-7-5-4-6-14(15)18/h4-9,11,16,20-21H,10H2,1-3H3. The summed E-state index contributed by atoms with van der Waals surface area (Å²) in [6, 6.07) is 11.0. The second-order valence-corrected chi connectivity index (χ2v) is 8.79. The number of aliphatic hydroxyl groups excluding tert-OH is 1. The van der Waals surface area contributed by atoms with Gasteiger partial charge < -0.3 is 9.84 Å². The molecule has 0 radical (unpaired) electrons. The van der Waals surface area contributed by atoms with Gasteiger partial charge in [0.05, 0.1) is 13.2 Å². The summed E-state index contributed by atoms with van der Waals surface area (Å²) in [5.74, 6) is 0.288. The van der Waals surface area contributed by atoms with E-state index in [1.807, 2.05) is 43.5 Å². The number of methoxy groups -OCH3 is 1. The lowest BCUT2D eigenvalue weighted by Crippen LogP contribution is -2.29. The molecule has 0 amide bonds. The fraction of sp³-hybridized carbons (Fsp3) is 0.263. The molecule has 26 heavy (non-hydrogen) atoms. The molecule has 0 saturated heterocycles. The van der Waals surface area contributed by atoms with Gasteiger partial charge in [-0.3, -0.25) is 0 Å². The second-order valence-electron chi connectivity index (χ2n) is 6.14. The van der Waals surface area contributed by atoms with Crippen molar-refractivity contribution in [3.63, 3.8) is 0 Å². The molecule has 0 spiro atoms. The van der Waals surface area contributed by atoms with Crippen LogP contribution in [0.1, 0.15) is 22.8 Å². The second kappa shape index (κ2) is 7.36. The van der Waals surface area contributed by atoms with Gasteiger partial charge in [-0.2, -0.15) is 0 Å². The summed E-state index contributed by atoms with van der Waals surface area (Å²) in [4.78, 5) is 0.0745. The minimum Gasteiger partial charge on any atom is -0.495 e. The Balaban J connectivity index is 1.83. The van der Waals surface area contributed by atoms with E-state index < -0.39 is 16.1 Å². The summed E-state index contributed by atoms with van der Waals surface area (Å²) in [7, 11) is -2.37. The van der Waals surface area contributed by atoms with Gasteiger partial charge >= 0.3 is 0 Å². The summed E-state index contributed by atoms with van der Waals surface area (Å²) in [6.45, 7) is 3.63. The van der Waals surface area contributed by atoms with Gasteiger partial charge in [0.1, 0.15) is 10.6 Å². The number of fused-ring (bicyclic) bond motifs is 1. The molecule has 0 aliphatic rings. The first-order valence-corrected chi connectivity index (χ1v) is 10.5. The molecule has 2 aromatic carbocycles. The van der Waals surface area contributed by atoms with Crippen LogP contribution in [0.2, 0.25) is 0 Å². The first-order chi connectivity index (χ1) is 12.3. The smallest absolute Gasteiger partial charge is 0.244 e. The number of rotatable bonds is 6. The van der Waals surface area contributed by atoms with Crippen molar-refractivity contribution in [3.05, 3.63) is 58.5 Å². The Labute approximate surface area is 157 Å². The lowest BCUT2D eigenvalue weighted by atomic mass is 10.1. The van der Waals surface area contributed by atoms with Crippen LogP contribution >= 0.6 is 11.3 Å². The molecule has 1 aromatic heterocycles. The maximum Gasteiger partial charge on any atom is 0.244 e. The fourth-order valence-corrected chi connectivity index (χ4v) is 5.05.